The lowest BCUT2D eigenvalue weighted by atomic mass is 10.2. The van der Waals surface area contributed by atoms with Gasteiger partial charge in [-0.25, -0.2) is 5.10 Å². The van der Waals surface area contributed by atoms with Crippen molar-refractivity contribution in [1.29, 1.82) is 0 Å². The number of thiocarbonyl (C=S) groups is 1. The number of nitrogens with two attached hydrogens (primary N) is 1. The third kappa shape index (κ3) is 3.42. The molecule has 0 radical (unpaired) electrons. The molecule has 0 fully saturated rings. The van der Waals surface area contributed by atoms with Crippen LogP contribution in [-0.2, 0) is 0 Å². The van der Waals surface area contributed by atoms with E-state index in [0.29, 0.717) is 17.0 Å². The topological polar surface area (TPSA) is 110 Å². The van der Waals surface area contributed by atoms with E-state index in [1.54, 1.807) is 18.2 Å². The van der Waals surface area contributed by atoms with Crippen LogP contribution >= 0.6 is 12.2 Å². The predicted octanol–water partition coefficient (Wildman–Crippen LogP) is 0.665. The number of aromatic nitrogens is 2. The first-order chi connectivity index (χ1) is 10.0. The maximum atomic E-state index is 12.0. The first-order valence-corrected chi connectivity index (χ1v) is 6.27. The molecular formula is C13H12N4O3S. The number of methoxy groups -OCH3 is 1. The molecule has 0 saturated heterocycles. The van der Waals surface area contributed by atoms with Crippen LogP contribution in [0.5, 0.6) is 5.75 Å². The Labute approximate surface area is 125 Å². The average molecular weight is 304 g/mol. The van der Waals surface area contributed by atoms with Crippen LogP contribution in [0.25, 0.3) is 0 Å². The van der Waals surface area contributed by atoms with Crippen molar-refractivity contribution in [3.8, 4) is 5.75 Å². The summed E-state index contributed by atoms with van der Waals surface area (Å²) in [5, 5.41) is 8.46. The third-order valence-electron chi connectivity index (χ3n) is 2.65. The van der Waals surface area contributed by atoms with E-state index < -0.39 is 5.91 Å². The lowest BCUT2D eigenvalue weighted by Gasteiger charge is -2.11. The van der Waals surface area contributed by atoms with Crippen molar-refractivity contribution in [2.75, 3.05) is 12.4 Å². The second-order valence-electron chi connectivity index (χ2n) is 4.04. The summed E-state index contributed by atoms with van der Waals surface area (Å²) < 4.78 is 5.18. The van der Waals surface area contributed by atoms with Crippen LogP contribution in [0.15, 0.2) is 35.1 Å². The molecule has 0 unspecified atom stereocenters. The highest BCUT2D eigenvalue weighted by atomic mass is 32.1. The molecule has 2 aromatic rings. The van der Waals surface area contributed by atoms with Crippen molar-refractivity contribution in [3.63, 3.8) is 0 Å². The standard InChI is InChI=1S/C13H12N4O3S/c1-20-10-6-7(12(14)21)2-3-8(10)15-13(19)9-4-5-11(18)17-16-9/h2-6H,1H3,(H2,14,21)(H,15,19)(H,17,18). The molecule has 0 aliphatic rings. The maximum absolute atomic E-state index is 12.0. The number of amides is 1. The maximum Gasteiger partial charge on any atom is 0.276 e. The van der Waals surface area contributed by atoms with Crippen molar-refractivity contribution in [2.24, 2.45) is 5.73 Å². The third-order valence-corrected chi connectivity index (χ3v) is 2.88. The van der Waals surface area contributed by atoms with Gasteiger partial charge in [0.05, 0.1) is 12.8 Å². The van der Waals surface area contributed by atoms with E-state index in [9.17, 15) is 9.59 Å². The number of benzene rings is 1. The van der Waals surface area contributed by atoms with E-state index in [1.165, 1.54) is 19.2 Å². The fourth-order valence-electron chi connectivity index (χ4n) is 1.61. The van der Waals surface area contributed by atoms with Gasteiger partial charge in [-0.3, -0.25) is 9.59 Å². The molecule has 1 amide bonds. The van der Waals surface area contributed by atoms with E-state index >= 15 is 0 Å². The highest BCUT2D eigenvalue weighted by Crippen LogP contribution is 2.25. The van der Waals surface area contributed by atoms with Gasteiger partial charge in [0.15, 0.2) is 0 Å². The number of aromatic amines is 1. The Kier molecular flexibility index (Phi) is 4.29. The molecule has 108 valence electrons. The van der Waals surface area contributed by atoms with Crippen LogP contribution < -0.4 is 21.3 Å². The van der Waals surface area contributed by atoms with E-state index in [2.05, 4.69) is 15.5 Å². The molecular weight excluding hydrogens is 292 g/mol. The number of ether oxygens (including phenoxy) is 1. The summed E-state index contributed by atoms with van der Waals surface area (Å²) in [6, 6.07) is 7.45. The van der Waals surface area contributed by atoms with E-state index in [-0.39, 0.29) is 16.2 Å². The van der Waals surface area contributed by atoms with Crippen LogP contribution in [-0.4, -0.2) is 28.2 Å². The number of anilines is 1. The minimum Gasteiger partial charge on any atom is -0.495 e. The highest BCUT2D eigenvalue weighted by molar-refractivity contribution is 7.80. The van der Waals surface area contributed by atoms with Gasteiger partial charge in [-0.05, 0) is 24.3 Å². The first kappa shape index (κ1) is 14.7. The largest absolute Gasteiger partial charge is 0.495 e. The fraction of sp³-hybridized carbons (Fsp3) is 0.0769. The van der Waals surface area contributed by atoms with E-state index in [4.69, 9.17) is 22.7 Å². The molecule has 1 heterocycles. The summed E-state index contributed by atoms with van der Waals surface area (Å²) in [5.74, 6) is -0.0642. The van der Waals surface area contributed by atoms with Crippen molar-refractivity contribution >= 4 is 28.8 Å². The van der Waals surface area contributed by atoms with Crippen LogP contribution in [0.1, 0.15) is 16.1 Å². The van der Waals surface area contributed by atoms with Crippen LogP contribution in [0.3, 0.4) is 0 Å². The number of nitrogens with one attached hydrogen (secondary N) is 2. The zero-order valence-electron chi connectivity index (χ0n) is 11.0. The van der Waals surface area contributed by atoms with Gasteiger partial charge in [0.25, 0.3) is 11.5 Å². The Morgan fingerprint density at radius 3 is 2.71 bits per heavy atom. The summed E-state index contributed by atoms with van der Waals surface area (Å²) in [4.78, 5) is 23.2. The second kappa shape index (κ2) is 6.14. The lowest BCUT2D eigenvalue weighted by Crippen LogP contribution is -2.18. The fourth-order valence-corrected chi connectivity index (χ4v) is 1.73. The van der Waals surface area contributed by atoms with Gasteiger partial charge in [-0.1, -0.05) is 12.2 Å². The Morgan fingerprint density at radius 1 is 1.38 bits per heavy atom. The number of carbonyl (C=O) groups is 1. The summed E-state index contributed by atoms with van der Waals surface area (Å²) in [5.41, 5.74) is 6.30. The first-order valence-electron chi connectivity index (χ1n) is 5.86. The van der Waals surface area contributed by atoms with Gasteiger partial charge in [0, 0.05) is 11.6 Å². The Hall–Kier alpha value is -2.74. The summed E-state index contributed by atoms with van der Waals surface area (Å²) >= 11 is 4.88. The number of nitrogens with zero attached hydrogens (tertiary/aromatic N) is 1. The molecule has 0 bridgehead atoms. The van der Waals surface area contributed by atoms with Crippen molar-refractivity contribution < 1.29 is 9.53 Å². The van der Waals surface area contributed by atoms with Gasteiger partial charge < -0.3 is 15.8 Å². The monoisotopic (exact) mass is 304 g/mol. The molecule has 1 aromatic heterocycles. The number of hydrogen-bond donors (Lipinski definition) is 3. The molecule has 2 rings (SSSR count). The molecule has 0 aliphatic carbocycles. The Balaban J connectivity index is 2.26. The molecule has 21 heavy (non-hydrogen) atoms. The predicted molar refractivity (Wildman–Crippen MR) is 81.7 cm³/mol. The van der Waals surface area contributed by atoms with Gasteiger partial charge >= 0.3 is 0 Å². The Bertz CT molecular complexity index is 737. The minimum absolute atomic E-state index is 0.0788. The summed E-state index contributed by atoms with van der Waals surface area (Å²) in [7, 11) is 1.46. The van der Waals surface area contributed by atoms with Crippen LogP contribution in [0.2, 0.25) is 0 Å². The van der Waals surface area contributed by atoms with Crippen LogP contribution in [0.4, 0.5) is 5.69 Å². The normalized spacial score (nSPS) is 9.95. The van der Waals surface area contributed by atoms with Crippen molar-refractivity contribution in [2.45, 2.75) is 0 Å². The zero-order valence-corrected chi connectivity index (χ0v) is 11.9. The molecule has 1 aromatic carbocycles. The minimum atomic E-state index is -0.479. The van der Waals surface area contributed by atoms with Gasteiger partial charge in [0.2, 0.25) is 0 Å². The molecule has 8 heteroatoms. The highest BCUT2D eigenvalue weighted by Gasteiger charge is 2.12. The number of carbonyl (C=O) groups excluding carboxylic acids is 1. The molecule has 0 saturated carbocycles. The lowest BCUT2D eigenvalue weighted by molar-refractivity contribution is 0.102. The summed E-state index contributed by atoms with van der Waals surface area (Å²) in [6.07, 6.45) is 0. The van der Waals surface area contributed by atoms with Crippen molar-refractivity contribution in [1.82, 2.24) is 10.2 Å². The number of H-pyrrole nitrogens is 1. The zero-order chi connectivity index (χ0) is 15.4. The summed E-state index contributed by atoms with van der Waals surface area (Å²) in [6.45, 7) is 0. The van der Waals surface area contributed by atoms with E-state index in [1.807, 2.05) is 0 Å². The molecule has 0 spiro atoms. The quantitative estimate of drug-likeness (QED) is 0.716. The smallest absolute Gasteiger partial charge is 0.276 e. The van der Waals surface area contributed by atoms with Crippen LogP contribution in [0, 0.1) is 0 Å². The molecule has 0 aliphatic heterocycles. The number of hydrogen-bond acceptors (Lipinski definition) is 5. The molecule has 7 nitrogen and oxygen atoms in total. The molecule has 0 atom stereocenters. The van der Waals surface area contributed by atoms with Gasteiger partial charge in [-0.2, -0.15) is 5.10 Å². The average Bonchev–Trinajstić information content (AvgIpc) is 2.48. The SMILES string of the molecule is COc1cc(C(N)=S)ccc1NC(=O)c1ccc(=O)[nH]n1. The van der Waals surface area contributed by atoms with Gasteiger partial charge in [-0.15, -0.1) is 0 Å². The number of rotatable bonds is 4. The van der Waals surface area contributed by atoms with Gasteiger partial charge in [0.1, 0.15) is 16.4 Å². The van der Waals surface area contributed by atoms with Crippen molar-refractivity contribution in [3.05, 3.63) is 51.9 Å². The van der Waals surface area contributed by atoms with E-state index in [0.717, 1.165) is 0 Å². The second-order valence-corrected chi connectivity index (χ2v) is 4.48. The Morgan fingerprint density at radius 2 is 2.14 bits per heavy atom. The molecule has 4 N–H and O–H groups in total.